The SMILES string of the molecule is CCC(C)Nc1ccc(C(=O)NC2CC2)cc1. The van der Waals surface area contributed by atoms with Gasteiger partial charge in [-0.15, -0.1) is 0 Å². The van der Waals surface area contributed by atoms with E-state index in [9.17, 15) is 4.79 Å². The molecule has 2 rings (SSSR count). The van der Waals surface area contributed by atoms with Crippen LogP contribution in [0.2, 0.25) is 0 Å². The first-order valence-electron chi connectivity index (χ1n) is 6.36. The van der Waals surface area contributed by atoms with Crippen LogP contribution in [0.1, 0.15) is 43.5 Å². The lowest BCUT2D eigenvalue weighted by molar-refractivity contribution is 0.0951. The molecule has 1 amide bonds. The van der Waals surface area contributed by atoms with Crippen LogP contribution in [0.4, 0.5) is 5.69 Å². The topological polar surface area (TPSA) is 41.1 Å². The van der Waals surface area contributed by atoms with E-state index >= 15 is 0 Å². The summed E-state index contributed by atoms with van der Waals surface area (Å²) in [4.78, 5) is 11.8. The molecule has 17 heavy (non-hydrogen) atoms. The summed E-state index contributed by atoms with van der Waals surface area (Å²) in [7, 11) is 0. The van der Waals surface area contributed by atoms with Crippen LogP contribution < -0.4 is 10.6 Å². The summed E-state index contributed by atoms with van der Waals surface area (Å²) in [5.74, 6) is 0.0441. The van der Waals surface area contributed by atoms with Gasteiger partial charge in [-0.1, -0.05) is 6.92 Å². The molecule has 0 aliphatic heterocycles. The quantitative estimate of drug-likeness (QED) is 0.819. The van der Waals surface area contributed by atoms with E-state index < -0.39 is 0 Å². The molecule has 2 N–H and O–H groups in total. The molecule has 92 valence electrons. The van der Waals surface area contributed by atoms with Crippen molar-refractivity contribution in [1.82, 2.24) is 5.32 Å². The molecule has 0 heterocycles. The number of anilines is 1. The highest BCUT2D eigenvalue weighted by Crippen LogP contribution is 2.19. The van der Waals surface area contributed by atoms with Crippen molar-refractivity contribution in [2.24, 2.45) is 0 Å². The number of rotatable bonds is 5. The maximum absolute atomic E-state index is 11.8. The Morgan fingerprint density at radius 3 is 2.53 bits per heavy atom. The molecule has 0 bridgehead atoms. The highest BCUT2D eigenvalue weighted by molar-refractivity contribution is 5.94. The molecule has 3 heteroatoms. The van der Waals surface area contributed by atoms with Gasteiger partial charge in [0.05, 0.1) is 0 Å². The lowest BCUT2D eigenvalue weighted by Gasteiger charge is -2.13. The van der Waals surface area contributed by atoms with E-state index in [4.69, 9.17) is 0 Å². The van der Waals surface area contributed by atoms with E-state index in [2.05, 4.69) is 24.5 Å². The molecule has 1 fully saturated rings. The first-order chi connectivity index (χ1) is 8.19. The zero-order valence-electron chi connectivity index (χ0n) is 10.5. The van der Waals surface area contributed by atoms with Gasteiger partial charge in [-0.05, 0) is 50.5 Å². The number of carbonyl (C=O) groups excluding carboxylic acids is 1. The molecule has 1 saturated carbocycles. The zero-order chi connectivity index (χ0) is 12.3. The van der Waals surface area contributed by atoms with Gasteiger partial charge in [0.25, 0.3) is 5.91 Å². The first kappa shape index (κ1) is 12.0. The minimum Gasteiger partial charge on any atom is -0.383 e. The van der Waals surface area contributed by atoms with Gasteiger partial charge in [0.15, 0.2) is 0 Å². The molecule has 1 atom stereocenters. The van der Waals surface area contributed by atoms with Crippen LogP contribution in [0.5, 0.6) is 0 Å². The lowest BCUT2D eigenvalue weighted by Crippen LogP contribution is -2.25. The lowest BCUT2D eigenvalue weighted by atomic mass is 10.1. The summed E-state index contributed by atoms with van der Waals surface area (Å²) in [5.41, 5.74) is 1.81. The summed E-state index contributed by atoms with van der Waals surface area (Å²) in [6.45, 7) is 4.29. The fourth-order valence-corrected chi connectivity index (χ4v) is 1.60. The minimum atomic E-state index is 0.0441. The van der Waals surface area contributed by atoms with Gasteiger partial charge < -0.3 is 10.6 Å². The summed E-state index contributed by atoms with van der Waals surface area (Å²) in [5, 5.41) is 6.36. The van der Waals surface area contributed by atoms with Crippen LogP contribution >= 0.6 is 0 Å². The standard InChI is InChI=1S/C14H20N2O/c1-3-10(2)15-12-6-4-11(5-7-12)14(17)16-13-8-9-13/h4-7,10,13,15H,3,8-9H2,1-2H3,(H,16,17). The summed E-state index contributed by atoms with van der Waals surface area (Å²) in [6.07, 6.45) is 3.34. The molecule has 0 spiro atoms. The summed E-state index contributed by atoms with van der Waals surface area (Å²) < 4.78 is 0. The molecule has 1 aliphatic carbocycles. The molecule has 1 aromatic carbocycles. The van der Waals surface area contributed by atoms with Gasteiger partial charge in [-0.3, -0.25) is 4.79 Å². The molecule has 1 aromatic rings. The molecule has 0 radical (unpaired) electrons. The number of carbonyl (C=O) groups is 1. The van der Waals surface area contributed by atoms with Gasteiger partial charge in [-0.2, -0.15) is 0 Å². The Kier molecular flexibility index (Phi) is 3.67. The highest BCUT2D eigenvalue weighted by atomic mass is 16.1. The second-order valence-electron chi connectivity index (χ2n) is 4.78. The van der Waals surface area contributed by atoms with Gasteiger partial charge >= 0.3 is 0 Å². The Morgan fingerprint density at radius 2 is 2.00 bits per heavy atom. The second kappa shape index (κ2) is 5.21. The van der Waals surface area contributed by atoms with Crippen molar-refractivity contribution < 1.29 is 4.79 Å². The minimum absolute atomic E-state index is 0.0441. The van der Waals surface area contributed by atoms with Gasteiger partial charge in [0.1, 0.15) is 0 Å². The molecule has 0 aromatic heterocycles. The summed E-state index contributed by atoms with van der Waals surface area (Å²) >= 11 is 0. The first-order valence-corrected chi connectivity index (χ1v) is 6.36. The van der Waals surface area contributed by atoms with Crippen LogP contribution in [0.15, 0.2) is 24.3 Å². The number of hydrogen-bond acceptors (Lipinski definition) is 2. The van der Waals surface area contributed by atoms with E-state index in [1.807, 2.05) is 24.3 Å². The third-order valence-corrected chi connectivity index (χ3v) is 3.09. The van der Waals surface area contributed by atoms with E-state index in [0.29, 0.717) is 12.1 Å². The van der Waals surface area contributed by atoms with Crippen molar-refractivity contribution in [2.45, 2.75) is 45.2 Å². The Bertz CT molecular complexity index is 382. The third kappa shape index (κ3) is 3.48. The Hall–Kier alpha value is -1.51. The number of hydrogen-bond donors (Lipinski definition) is 2. The van der Waals surface area contributed by atoms with E-state index in [1.165, 1.54) is 0 Å². The fourth-order valence-electron chi connectivity index (χ4n) is 1.60. The molecular formula is C14H20N2O. The van der Waals surface area contributed by atoms with Gasteiger partial charge in [-0.25, -0.2) is 0 Å². The largest absolute Gasteiger partial charge is 0.383 e. The van der Waals surface area contributed by atoms with Crippen molar-refractivity contribution in [3.63, 3.8) is 0 Å². The van der Waals surface area contributed by atoms with Crippen molar-refractivity contribution in [3.8, 4) is 0 Å². The predicted octanol–water partition coefficient (Wildman–Crippen LogP) is 2.79. The Morgan fingerprint density at radius 1 is 1.35 bits per heavy atom. The summed E-state index contributed by atoms with van der Waals surface area (Å²) in [6, 6.07) is 8.56. The molecule has 0 saturated heterocycles. The average Bonchev–Trinajstić information content (AvgIpc) is 3.13. The maximum Gasteiger partial charge on any atom is 0.251 e. The van der Waals surface area contributed by atoms with E-state index in [0.717, 1.165) is 30.5 Å². The van der Waals surface area contributed by atoms with Gasteiger partial charge in [0.2, 0.25) is 0 Å². The average molecular weight is 232 g/mol. The molecule has 1 unspecified atom stereocenters. The second-order valence-corrected chi connectivity index (χ2v) is 4.78. The van der Waals surface area contributed by atoms with Crippen molar-refractivity contribution in [1.29, 1.82) is 0 Å². The monoisotopic (exact) mass is 232 g/mol. The normalized spacial score (nSPS) is 16.4. The smallest absolute Gasteiger partial charge is 0.251 e. The van der Waals surface area contributed by atoms with Crippen molar-refractivity contribution in [2.75, 3.05) is 5.32 Å². The van der Waals surface area contributed by atoms with Crippen LogP contribution in [0.25, 0.3) is 0 Å². The zero-order valence-corrected chi connectivity index (χ0v) is 10.5. The molecular weight excluding hydrogens is 212 g/mol. The van der Waals surface area contributed by atoms with Crippen LogP contribution in [0, 0.1) is 0 Å². The Labute approximate surface area is 103 Å². The van der Waals surface area contributed by atoms with Crippen molar-refractivity contribution in [3.05, 3.63) is 29.8 Å². The maximum atomic E-state index is 11.8. The van der Waals surface area contributed by atoms with E-state index in [-0.39, 0.29) is 5.91 Å². The number of benzene rings is 1. The number of amides is 1. The van der Waals surface area contributed by atoms with Crippen LogP contribution in [0.3, 0.4) is 0 Å². The van der Waals surface area contributed by atoms with Gasteiger partial charge in [0, 0.05) is 23.3 Å². The Balaban J connectivity index is 1.94. The third-order valence-electron chi connectivity index (χ3n) is 3.09. The van der Waals surface area contributed by atoms with E-state index in [1.54, 1.807) is 0 Å². The van der Waals surface area contributed by atoms with Crippen LogP contribution in [-0.2, 0) is 0 Å². The predicted molar refractivity (Wildman–Crippen MR) is 70.3 cm³/mol. The molecule has 3 nitrogen and oxygen atoms in total. The molecule has 1 aliphatic rings. The number of nitrogens with one attached hydrogen (secondary N) is 2. The van der Waals surface area contributed by atoms with Crippen molar-refractivity contribution >= 4 is 11.6 Å². The fraction of sp³-hybridized carbons (Fsp3) is 0.500. The highest BCUT2D eigenvalue weighted by Gasteiger charge is 2.23. The van der Waals surface area contributed by atoms with Crippen LogP contribution in [-0.4, -0.2) is 18.0 Å².